The van der Waals surface area contributed by atoms with Gasteiger partial charge in [-0.15, -0.1) is 11.3 Å². The summed E-state index contributed by atoms with van der Waals surface area (Å²) in [7, 11) is 0. The summed E-state index contributed by atoms with van der Waals surface area (Å²) in [4.78, 5) is 4.29. The third-order valence-electron chi connectivity index (χ3n) is 2.06. The number of aliphatic hydroxyl groups is 1. The number of nitrogens with one attached hydrogen (secondary N) is 1. The third kappa shape index (κ3) is 3.22. The van der Waals surface area contributed by atoms with Gasteiger partial charge in [-0.1, -0.05) is 6.58 Å². The quantitative estimate of drug-likeness (QED) is 0.574. The number of aromatic hydroxyl groups is 1. The zero-order valence-electron chi connectivity index (χ0n) is 9.05. The van der Waals surface area contributed by atoms with E-state index < -0.39 is 0 Å². The zero-order chi connectivity index (χ0) is 12.3. The van der Waals surface area contributed by atoms with Gasteiger partial charge in [0.15, 0.2) is 5.13 Å². The Morgan fingerprint density at radius 1 is 1.35 bits per heavy atom. The van der Waals surface area contributed by atoms with Crippen molar-refractivity contribution in [3.05, 3.63) is 47.7 Å². The van der Waals surface area contributed by atoms with Crippen molar-refractivity contribution in [2.45, 2.75) is 6.42 Å². The number of aromatic nitrogens is 1. The van der Waals surface area contributed by atoms with Crippen LogP contribution in [-0.2, 0) is 6.42 Å². The summed E-state index contributed by atoms with van der Waals surface area (Å²) in [6.07, 6.45) is 0.369. The summed E-state index contributed by atoms with van der Waals surface area (Å²) in [5.74, 6) is 0.332. The smallest absolute Gasteiger partial charge is 0.187 e. The summed E-state index contributed by atoms with van der Waals surface area (Å²) in [5.41, 5.74) is 1.63. The van der Waals surface area contributed by atoms with Crippen molar-refractivity contribution in [3.63, 3.8) is 0 Å². The van der Waals surface area contributed by atoms with E-state index in [1.807, 2.05) is 5.38 Å². The van der Waals surface area contributed by atoms with Crippen LogP contribution in [0.5, 0.6) is 5.75 Å². The molecule has 0 spiro atoms. The SMILES string of the molecule is C=C(O)Cc1csc(Nc2ccc(O)cc2)n1. The van der Waals surface area contributed by atoms with Crippen LogP contribution in [0.1, 0.15) is 5.69 Å². The van der Waals surface area contributed by atoms with Crippen molar-refractivity contribution in [1.82, 2.24) is 4.98 Å². The van der Waals surface area contributed by atoms with E-state index in [4.69, 9.17) is 10.2 Å². The number of allylic oxidation sites excluding steroid dienone is 1. The molecule has 0 aliphatic heterocycles. The van der Waals surface area contributed by atoms with Gasteiger partial charge in [-0.3, -0.25) is 0 Å². The Bertz CT molecular complexity index is 520. The highest BCUT2D eigenvalue weighted by Gasteiger charge is 2.03. The van der Waals surface area contributed by atoms with Gasteiger partial charge in [-0.2, -0.15) is 0 Å². The van der Waals surface area contributed by atoms with Crippen LogP contribution < -0.4 is 5.32 Å². The molecule has 0 aliphatic carbocycles. The van der Waals surface area contributed by atoms with Crippen LogP contribution >= 0.6 is 11.3 Å². The van der Waals surface area contributed by atoms with E-state index in [9.17, 15) is 0 Å². The van der Waals surface area contributed by atoms with E-state index in [1.54, 1.807) is 24.3 Å². The molecule has 3 N–H and O–H groups in total. The topological polar surface area (TPSA) is 65.4 Å². The molecule has 0 fully saturated rings. The lowest BCUT2D eigenvalue weighted by Gasteiger charge is -2.01. The van der Waals surface area contributed by atoms with Crippen molar-refractivity contribution >= 4 is 22.2 Å². The van der Waals surface area contributed by atoms with Crippen LogP contribution in [0.4, 0.5) is 10.8 Å². The molecular formula is C12H12N2O2S. The van der Waals surface area contributed by atoms with Gasteiger partial charge >= 0.3 is 0 Å². The molecule has 0 atom stereocenters. The monoisotopic (exact) mass is 248 g/mol. The maximum atomic E-state index is 9.15. The molecule has 5 heteroatoms. The van der Waals surface area contributed by atoms with Crippen molar-refractivity contribution in [1.29, 1.82) is 0 Å². The van der Waals surface area contributed by atoms with E-state index in [0.717, 1.165) is 16.5 Å². The Kier molecular flexibility index (Phi) is 3.30. The number of phenolic OH excluding ortho intramolecular Hbond substituents is 1. The second kappa shape index (κ2) is 4.88. The molecular weight excluding hydrogens is 236 g/mol. The van der Waals surface area contributed by atoms with Gasteiger partial charge in [0, 0.05) is 17.5 Å². The normalized spacial score (nSPS) is 10.1. The largest absolute Gasteiger partial charge is 0.513 e. The summed E-state index contributed by atoms with van der Waals surface area (Å²) >= 11 is 1.45. The molecule has 2 aromatic rings. The lowest BCUT2D eigenvalue weighted by molar-refractivity contribution is 0.400. The zero-order valence-corrected chi connectivity index (χ0v) is 9.87. The molecule has 1 aromatic carbocycles. The Balaban J connectivity index is 2.06. The minimum atomic E-state index is 0.103. The number of aliphatic hydroxyl groups excluding tert-OH is 1. The third-order valence-corrected chi connectivity index (χ3v) is 2.86. The van der Waals surface area contributed by atoms with Crippen molar-refractivity contribution in [2.75, 3.05) is 5.32 Å². The van der Waals surface area contributed by atoms with Crippen LogP contribution in [0, 0.1) is 0 Å². The summed E-state index contributed by atoms with van der Waals surface area (Å²) < 4.78 is 0. The van der Waals surface area contributed by atoms with E-state index in [-0.39, 0.29) is 11.5 Å². The van der Waals surface area contributed by atoms with Gasteiger partial charge in [0.1, 0.15) is 5.75 Å². The van der Waals surface area contributed by atoms with Gasteiger partial charge in [0.05, 0.1) is 11.5 Å². The minimum absolute atomic E-state index is 0.103. The van der Waals surface area contributed by atoms with Gasteiger partial charge in [0.2, 0.25) is 0 Å². The molecule has 17 heavy (non-hydrogen) atoms. The van der Waals surface area contributed by atoms with Gasteiger partial charge in [0.25, 0.3) is 0 Å². The molecule has 0 aliphatic rings. The van der Waals surface area contributed by atoms with E-state index in [0.29, 0.717) is 6.42 Å². The lowest BCUT2D eigenvalue weighted by atomic mass is 10.3. The molecule has 0 saturated heterocycles. The predicted molar refractivity (Wildman–Crippen MR) is 69.0 cm³/mol. The second-order valence-corrected chi connectivity index (χ2v) is 4.42. The maximum absolute atomic E-state index is 9.15. The highest BCUT2D eigenvalue weighted by Crippen LogP contribution is 2.23. The van der Waals surface area contributed by atoms with Crippen LogP contribution in [0.2, 0.25) is 0 Å². The van der Waals surface area contributed by atoms with Gasteiger partial charge in [-0.25, -0.2) is 4.98 Å². The fraction of sp³-hybridized carbons (Fsp3) is 0.0833. The first-order chi connectivity index (χ1) is 8.13. The number of rotatable bonds is 4. The van der Waals surface area contributed by atoms with Crippen molar-refractivity contribution in [2.24, 2.45) is 0 Å². The van der Waals surface area contributed by atoms with E-state index >= 15 is 0 Å². The van der Waals surface area contributed by atoms with E-state index in [2.05, 4.69) is 16.9 Å². The molecule has 0 unspecified atom stereocenters. The number of thiazole rings is 1. The summed E-state index contributed by atoms with van der Waals surface area (Å²) in [6, 6.07) is 6.74. The number of hydrogen-bond donors (Lipinski definition) is 3. The molecule has 2 rings (SSSR count). The Labute approximate surface area is 103 Å². The van der Waals surface area contributed by atoms with Crippen LogP contribution in [0.15, 0.2) is 42.0 Å². The van der Waals surface area contributed by atoms with Crippen LogP contribution in [0.3, 0.4) is 0 Å². The molecule has 0 amide bonds. The first-order valence-corrected chi connectivity index (χ1v) is 5.88. The number of anilines is 2. The molecule has 1 aromatic heterocycles. The molecule has 0 radical (unpaired) electrons. The minimum Gasteiger partial charge on any atom is -0.513 e. The number of hydrogen-bond acceptors (Lipinski definition) is 5. The van der Waals surface area contributed by atoms with Gasteiger partial charge < -0.3 is 15.5 Å². The Hall–Kier alpha value is -2.01. The second-order valence-electron chi connectivity index (χ2n) is 3.56. The Morgan fingerprint density at radius 3 is 2.71 bits per heavy atom. The van der Waals surface area contributed by atoms with Gasteiger partial charge in [-0.05, 0) is 24.3 Å². The summed E-state index contributed by atoms with van der Waals surface area (Å²) in [5, 5.41) is 23.9. The van der Waals surface area contributed by atoms with Crippen molar-refractivity contribution < 1.29 is 10.2 Å². The number of phenols is 1. The lowest BCUT2D eigenvalue weighted by Crippen LogP contribution is -1.91. The first kappa shape index (κ1) is 11.5. The maximum Gasteiger partial charge on any atom is 0.187 e. The Morgan fingerprint density at radius 2 is 2.06 bits per heavy atom. The number of benzene rings is 1. The molecule has 1 heterocycles. The van der Waals surface area contributed by atoms with E-state index in [1.165, 1.54) is 11.3 Å². The highest BCUT2D eigenvalue weighted by atomic mass is 32.1. The fourth-order valence-electron chi connectivity index (χ4n) is 1.32. The fourth-order valence-corrected chi connectivity index (χ4v) is 2.05. The summed E-state index contributed by atoms with van der Waals surface area (Å²) in [6.45, 7) is 3.43. The molecule has 0 bridgehead atoms. The standard InChI is InChI=1S/C12H12N2O2S/c1-8(15)6-10-7-17-12(14-10)13-9-2-4-11(16)5-3-9/h2-5,7,15-16H,1,6H2,(H,13,14). The predicted octanol–water partition coefficient (Wildman–Crippen LogP) is 3.21. The molecule has 4 nitrogen and oxygen atoms in total. The van der Waals surface area contributed by atoms with Crippen LogP contribution in [0.25, 0.3) is 0 Å². The first-order valence-electron chi connectivity index (χ1n) is 5.00. The average Bonchev–Trinajstić information content (AvgIpc) is 2.68. The van der Waals surface area contributed by atoms with Crippen LogP contribution in [-0.4, -0.2) is 15.2 Å². The average molecular weight is 248 g/mol. The van der Waals surface area contributed by atoms with Crippen molar-refractivity contribution in [3.8, 4) is 5.75 Å². The molecule has 88 valence electrons. The molecule has 0 saturated carbocycles. The highest BCUT2D eigenvalue weighted by molar-refractivity contribution is 7.13. The number of nitrogens with zero attached hydrogens (tertiary/aromatic N) is 1.